The van der Waals surface area contributed by atoms with E-state index < -0.39 is 32.0 Å². The quantitative estimate of drug-likeness (QED) is 0.376. The highest BCUT2D eigenvalue weighted by atomic mass is 28.4. The Kier molecular flexibility index (Phi) is 7.34. The number of aliphatic hydroxyl groups is 1. The zero-order chi connectivity index (χ0) is 22.9. The van der Waals surface area contributed by atoms with E-state index in [4.69, 9.17) is 4.43 Å². The molecule has 1 aromatic heterocycles. The van der Waals surface area contributed by atoms with Crippen molar-refractivity contribution in [3.63, 3.8) is 0 Å². The summed E-state index contributed by atoms with van der Waals surface area (Å²) in [5.74, 6) is -2.33. The number of nitrogens with zero attached hydrogens (tertiary/aromatic N) is 1. The Morgan fingerprint density at radius 3 is 2.16 bits per heavy atom. The zero-order valence-electron chi connectivity index (χ0n) is 19.4. The van der Waals surface area contributed by atoms with E-state index in [1.54, 1.807) is 18.3 Å². The number of pyridine rings is 1. The van der Waals surface area contributed by atoms with Crippen LogP contribution in [0.15, 0.2) is 36.5 Å². The molecular formula is C25H35F2NO2Si. The van der Waals surface area contributed by atoms with E-state index in [2.05, 4.69) is 46.5 Å². The van der Waals surface area contributed by atoms with Crippen LogP contribution in [-0.2, 0) is 4.43 Å². The highest BCUT2D eigenvalue weighted by Crippen LogP contribution is 2.49. The molecule has 0 bridgehead atoms. The van der Waals surface area contributed by atoms with Gasteiger partial charge in [-0.15, -0.1) is 0 Å². The summed E-state index contributed by atoms with van der Waals surface area (Å²) in [6.07, 6.45) is 1.56. The number of hydrogen-bond donors (Lipinski definition) is 1. The van der Waals surface area contributed by atoms with Crippen molar-refractivity contribution >= 4 is 8.32 Å². The van der Waals surface area contributed by atoms with Gasteiger partial charge in [-0.05, 0) is 47.2 Å². The highest BCUT2D eigenvalue weighted by Gasteiger charge is 2.48. The molecular weight excluding hydrogens is 412 g/mol. The van der Waals surface area contributed by atoms with Crippen molar-refractivity contribution in [2.24, 2.45) is 0 Å². The molecule has 0 fully saturated rings. The third kappa shape index (κ3) is 4.35. The van der Waals surface area contributed by atoms with Gasteiger partial charge in [0.1, 0.15) is 0 Å². The van der Waals surface area contributed by atoms with Crippen molar-refractivity contribution in [2.45, 2.75) is 89.1 Å². The topological polar surface area (TPSA) is 42.4 Å². The first kappa shape index (κ1) is 24.0. The predicted octanol–water partition coefficient (Wildman–Crippen LogP) is 7.20. The van der Waals surface area contributed by atoms with Crippen molar-refractivity contribution in [3.8, 4) is 0 Å². The van der Waals surface area contributed by atoms with Crippen LogP contribution in [0, 0.1) is 11.6 Å². The smallest absolute Gasteiger partial charge is 0.201 e. The Hall–Kier alpha value is -1.63. The van der Waals surface area contributed by atoms with Crippen LogP contribution in [0.25, 0.3) is 0 Å². The van der Waals surface area contributed by atoms with Crippen LogP contribution in [0.5, 0.6) is 0 Å². The number of benzene rings is 1. The molecule has 3 rings (SSSR count). The third-order valence-corrected chi connectivity index (χ3v) is 13.2. The van der Waals surface area contributed by atoms with Gasteiger partial charge in [0.15, 0.2) is 11.6 Å². The summed E-state index contributed by atoms with van der Waals surface area (Å²) in [5, 5.41) is 11.2. The Balaban J connectivity index is 2.06. The highest BCUT2D eigenvalue weighted by molar-refractivity contribution is 6.77. The summed E-state index contributed by atoms with van der Waals surface area (Å²) in [7, 11) is -2.20. The van der Waals surface area contributed by atoms with Crippen molar-refractivity contribution in [2.75, 3.05) is 0 Å². The molecule has 1 N–H and O–H groups in total. The van der Waals surface area contributed by atoms with E-state index >= 15 is 0 Å². The van der Waals surface area contributed by atoms with Crippen molar-refractivity contribution < 1.29 is 18.3 Å². The number of fused-ring (bicyclic) bond motifs is 1. The summed E-state index contributed by atoms with van der Waals surface area (Å²) in [4.78, 5) is 4.61. The second kappa shape index (κ2) is 9.47. The molecule has 0 aliphatic heterocycles. The van der Waals surface area contributed by atoms with E-state index in [1.165, 1.54) is 6.07 Å². The lowest BCUT2D eigenvalue weighted by Crippen LogP contribution is -2.48. The lowest BCUT2D eigenvalue weighted by Gasteiger charge is -2.44. The molecule has 6 heteroatoms. The maximum atomic E-state index is 14.6. The first-order valence-corrected chi connectivity index (χ1v) is 13.5. The van der Waals surface area contributed by atoms with Crippen LogP contribution in [0.4, 0.5) is 8.78 Å². The van der Waals surface area contributed by atoms with Gasteiger partial charge in [-0.2, -0.15) is 0 Å². The van der Waals surface area contributed by atoms with Crippen LogP contribution in [0.3, 0.4) is 0 Å². The third-order valence-electron chi connectivity index (χ3n) is 7.05. The Morgan fingerprint density at radius 2 is 1.55 bits per heavy atom. The van der Waals surface area contributed by atoms with E-state index in [-0.39, 0.29) is 11.7 Å². The van der Waals surface area contributed by atoms with E-state index in [0.29, 0.717) is 35.0 Å². The van der Waals surface area contributed by atoms with Gasteiger partial charge in [-0.25, -0.2) is 8.78 Å². The minimum atomic E-state index is -2.20. The number of halogens is 2. The van der Waals surface area contributed by atoms with Gasteiger partial charge in [0.25, 0.3) is 0 Å². The SMILES string of the molecule is CC(C)[Si](O[C@@H]1CC[C@@H](c2cccc(F)c2F)C(O)c2cccnc21)(C(C)C)C(C)C. The number of hydrogen-bond acceptors (Lipinski definition) is 3. The second-order valence-electron chi connectivity index (χ2n) is 9.67. The van der Waals surface area contributed by atoms with Crippen LogP contribution in [-0.4, -0.2) is 18.4 Å². The molecule has 2 aromatic rings. The number of aromatic nitrogens is 1. The Bertz CT molecular complexity index is 881. The van der Waals surface area contributed by atoms with Gasteiger partial charge >= 0.3 is 0 Å². The minimum Gasteiger partial charge on any atom is -0.408 e. The molecule has 1 aliphatic carbocycles. The van der Waals surface area contributed by atoms with E-state index in [0.717, 1.165) is 11.8 Å². The molecule has 31 heavy (non-hydrogen) atoms. The first-order valence-electron chi connectivity index (χ1n) is 11.4. The maximum Gasteiger partial charge on any atom is 0.201 e. The molecule has 1 heterocycles. The fourth-order valence-corrected chi connectivity index (χ4v) is 11.2. The number of rotatable bonds is 6. The van der Waals surface area contributed by atoms with Gasteiger partial charge < -0.3 is 9.53 Å². The average Bonchev–Trinajstić information content (AvgIpc) is 2.84. The van der Waals surface area contributed by atoms with Crippen molar-refractivity contribution in [3.05, 3.63) is 65.0 Å². The minimum absolute atomic E-state index is 0.211. The van der Waals surface area contributed by atoms with Crippen molar-refractivity contribution in [1.29, 1.82) is 0 Å². The lowest BCUT2D eigenvalue weighted by molar-refractivity contribution is 0.135. The summed E-state index contributed by atoms with van der Waals surface area (Å²) in [6, 6.07) is 7.79. The molecule has 0 spiro atoms. The first-order chi connectivity index (χ1) is 14.6. The molecule has 1 unspecified atom stereocenters. The predicted molar refractivity (Wildman–Crippen MR) is 122 cm³/mol. The molecule has 1 aromatic carbocycles. The van der Waals surface area contributed by atoms with Crippen molar-refractivity contribution in [1.82, 2.24) is 4.98 Å². The molecule has 0 amide bonds. The Labute approximate surface area is 186 Å². The lowest BCUT2D eigenvalue weighted by atomic mass is 9.87. The summed E-state index contributed by atoms with van der Waals surface area (Å²) < 4.78 is 35.6. The van der Waals surface area contributed by atoms with Crippen LogP contribution in [0.2, 0.25) is 16.6 Å². The molecule has 0 saturated carbocycles. The van der Waals surface area contributed by atoms with E-state index in [9.17, 15) is 13.9 Å². The average molecular weight is 448 g/mol. The van der Waals surface area contributed by atoms with Gasteiger partial charge in [-0.3, -0.25) is 4.98 Å². The fraction of sp³-hybridized carbons (Fsp3) is 0.560. The van der Waals surface area contributed by atoms with Crippen LogP contribution in [0.1, 0.15) is 89.3 Å². The van der Waals surface area contributed by atoms with Crippen LogP contribution < -0.4 is 0 Å². The molecule has 0 saturated heterocycles. The number of aliphatic hydroxyl groups excluding tert-OH is 1. The molecule has 3 nitrogen and oxygen atoms in total. The molecule has 170 valence electrons. The van der Waals surface area contributed by atoms with Gasteiger partial charge in [0.05, 0.1) is 17.9 Å². The van der Waals surface area contributed by atoms with Crippen LogP contribution >= 0.6 is 0 Å². The van der Waals surface area contributed by atoms with Gasteiger partial charge in [0.2, 0.25) is 8.32 Å². The summed E-state index contributed by atoms with van der Waals surface area (Å²) in [5.41, 5.74) is 2.81. The largest absolute Gasteiger partial charge is 0.408 e. The summed E-state index contributed by atoms with van der Waals surface area (Å²) >= 11 is 0. The monoisotopic (exact) mass is 447 g/mol. The maximum absolute atomic E-state index is 14.6. The van der Waals surface area contributed by atoms with Gasteiger partial charge in [-0.1, -0.05) is 59.7 Å². The molecule has 3 atom stereocenters. The summed E-state index contributed by atoms with van der Waals surface area (Å²) in [6.45, 7) is 13.4. The van der Waals surface area contributed by atoms with Gasteiger partial charge in [0, 0.05) is 17.7 Å². The standard InChI is InChI=1S/C25H35F2NO2Si/c1-15(2)31(16(3)4,17(5)6)30-22-13-12-19(18-9-7-11-21(26)23(18)27)25(29)20-10-8-14-28-24(20)22/h7-11,14-17,19,22,25,29H,12-13H2,1-6H3/t19-,22+,25?/m0/s1. The fourth-order valence-electron chi connectivity index (χ4n) is 5.69. The Morgan fingerprint density at radius 1 is 0.935 bits per heavy atom. The van der Waals surface area contributed by atoms with E-state index in [1.807, 2.05) is 6.07 Å². The second-order valence-corrected chi connectivity index (χ2v) is 15.1. The molecule has 1 aliphatic rings. The zero-order valence-corrected chi connectivity index (χ0v) is 20.4. The molecule has 0 radical (unpaired) electrons. The normalized spacial score (nSPS) is 22.1.